The van der Waals surface area contributed by atoms with E-state index in [1.165, 1.54) is 11.1 Å². The van der Waals surface area contributed by atoms with Gasteiger partial charge in [-0.05, 0) is 88.4 Å². The normalized spacial score (nSPS) is 14.7. The quantitative estimate of drug-likeness (QED) is 0.170. The van der Waals surface area contributed by atoms with Crippen LogP contribution < -0.4 is 19.2 Å². The van der Waals surface area contributed by atoms with Crippen molar-refractivity contribution in [3.8, 4) is 23.0 Å². The van der Waals surface area contributed by atoms with Crippen LogP contribution in [-0.2, 0) is 64.4 Å². The molecule has 2 N–H and O–H groups in total. The van der Waals surface area contributed by atoms with E-state index in [1.807, 2.05) is 12.1 Å². The standard InChI is InChI=1S/C56H64O4Si.2ClH.Ti/c1-53(2,3)43-27-35-23-36-28-44(54(4,5)6)30-38(50(36)58)25-40-32-46(56(10,11)12)34-42-26-41-33-45(55(7,8)9)31-39(24-37(29-43)49(35)57)51(41)59-61(60-52(40)42,47-19-15-13-16-20-47)48-21-17-14-18-22-48;;;/h13-22,27-34,57-58H,23-26H2,1-12H3;2*1H;/q;;;+2/p-2. The van der Waals surface area contributed by atoms with E-state index in [2.05, 4.69) is 180 Å². The van der Waals surface area contributed by atoms with E-state index in [1.54, 1.807) is 0 Å². The number of hydrogen-bond donors (Lipinski definition) is 2. The molecule has 0 aromatic heterocycles. The van der Waals surface area contributed by atoms with Crippen LogP contribution in [0.1, 0.15) is 150 Å². The number of rotatable bonds is 2. The van der Waals surface area contributed by atoms with Gasteiger partial charge in [-0.1, -0.05) is 192 Å². The fourth-order valence-electron chi connectivity index (χ4n) is 8.93. The van der Waals surface area contributed by atoms with E-state index in [4.69, 9.17) is 27.5 Å². The van der Waals surface area contributed by atoms with E-state index < -0.39 is 25.6 Å². The Hall–Kier alpha value is -3.97. The van der Waals surface area contributed by atoms with Gasteiger partial charge in [0.2, 0.25) is 0 Å². The minimum atomic E-state index is -3.68. The number of benzene rings is 6. The Bertz CT molecular complexity index is 2490. The van der Waals surface area contributed by atoms with Crippen LogP contribution in [0.4, 0.5) is 0 Å². The first-order valence-corrected chi connectivity index (χ1v) is 28.5. The van der Waals surface area contributed by atoms with E-state index >= 15 is 0 Å². The second-order valence-electron chi connectivity index (χ2n) is 21.9. The molecule has 0 radical (unpaired) electrons. The molecule has 1 aliphatic carbocycles. The molecular weight excluding hydrogens is 883 g/mol. The first-order valence-electron chi connectivity index (χ1n) is 22.4. The number of aromatic hydroxyl groups is 2. The molecule has 0 atom stereocenters. The van der Waals surface area contributed by atoms with Crippen molar-refractivity contribution in [2.24, 2.45) is 0 Å². The van der Waals surface area contributed by atoms with Crippen LogP contribution in [0, 0.1) is 0 Å². The molecule has 0 saturated carbocycles. The number of halogens is 2. The summed E-state index contributed by atoms with van der Waals surface area (Å²) in [6, 6.07) is 39.0. The SMILES string of the molecule is CC(C)(C)c1cc2c(O)c(c1)Cc1cc(C(C)(C)C)cc3c1O[Si](c1ccccc1)(c1ccccc1)Oc1c(cc(C(C)(C)C)cc1C3)Cc1cc(C(C)(C)C)cc(c1O)C2.[Cl][Ti][Cl]. The van der Waals surface area contributed by atoms with E-state index in [0.29, 0.717) is 25.7 Å². The van der Waals surface area contributed by atoms with Gasteiger partial charge in [-0.2, -0.15) is 0 Å². The second-order valence-corrected chi connectivity index (χ2v) is 27.2. The molecule has 0 fully saturated rings. The van der Waals surface area contributed by atoms with Crippen molar-refractivity contribution in [3.05, 3.63) is 176 Å². The van der Waals surface area contributed by atoms with Crippen LogP contribution in [0.15, 0.2) is 109 Å². The second kappa shape index (κ2) is 18.0. The van der Waals surface area contributed by atoms with Gasteiger partial charge in [-0.3, -0.25) is 0 Å². The van der Waals surface area contributed by atoms with Gasteiger partial charge in [0.05, 0.1) is 0 Å². The number of phenols is 2. The van der Waals surface area contributed by atoms with E-state index in [0.717, 1.165) is 77.5 Å². The zero-order chi connectivity index (χ0) is 46.6. The predicted octanol–water partition coefficient (Wildman–Crippen LogP) is 13.4. The molecule has 334 valence electrons. The molecule has 4 nitrogen and oxygen atoms in total. The molecule has 0 spiro atoms. The molecule has 0 amide bonds. The summed E-state index contributed by atoms with van der Waals surface area (Å²) >= 11 is -0.556. The Kier molecular flexibility index (Phi) is 13.5. The Morgan fingerprint density at radius 1 is 0.406 bits per heavy atom. The van der Waals surface area contributed by atoms with Gasteiger partial charge >= 0.3 is 44.2 Å². The molecule has 0 unspecified atom stereocenters. The number of hydrogen-bond acceptors (Lipinski definition) is 4. The van der Waals surface area contributed by atoms with Gasteiger partial charge in [0, 0.05) is 36.1 Å². The summed E-state index contributed by atoms with van der Waals surface area (Å²) in [5, 5.41) is 27.0. The predicted molar refractivity (Wildman–Crippen MR) is 266 cm³/mol. The van der Waals surface area contributed by atoms with E-state index in [9.17, 15) is 10.2 Å². The van der Waals surface area contributed by atoms with Crippen molar-refractivity contribution in [2.45, 2.75) is 130 Å². The average Bonchev–Trinajstić information content (AvgIpc) is 3.20. The van der Waals surface area contributed by atoms with Crippen LogP contribution in [0.2, 0.25) is 0 Å². The zero-order valence-electron chi connectivity index (χ0n) is 39.7. The van der Waals surface area contributed by atoms with Crippen molar-refractivity contribution >= 4 is 37.5 Å². The minimum absolute atomic E-state index is 0.163. The van der Waals surface area contributed by atoms with Crippen molar-refractivity contribution in [2.75, 3.05) is 0 Å². The van der Waals surface area contributed by atoms with Gasteiger partial charge in [0.1, 0.15) is 23.0 Å². The molecule has 6 aromatic carbocycles. The summed E-state index contributed by atoms with van der Waals surface area (Å²) in [7, 11) is 6.10. The van der Waals surface area contributed by atoms with Crippen LogP contribution in [0.3, 0.4) is 0 Å². The molecule has 64 heavy (non-hydrogen) atoms. The Morgan fingerprint density at radius 3 is 0.875 bits per heavy atom. The molecule has 2 aliphatic heterocycles. The van der Waals surface area contributed by atoms with Gasteiger partial charge < -0.3 is 19.1 Å². The number of phenolic OH excluding ortho intramolecular Hbond substituents is 2. The van der Waals surface area contributed by atoms with Crippen LogP contribution in [-0.4, -0.2) is 18.8 Å². The Balaban J connectivity index is 0.00000199. The van der Waals surface area contributed by atoms with Crippen LogP contribution in [0.5, 0.6) is 23.0 Å². The molecule has 3 aliphatic rings. The molecule has 2 heterocycles. The zero-order valence-corrected chi connectivity index (χ0v) is 43.8. The van der Waals surface area contributed by atoms with Crippen molar-refractivity contribution < 1.29 is 36.1 Å². The summed E-state index contributed by atoms with van der Waals surface area (Å²) in [5.41, 5.74) is 11.5. The fourth-order valence-corrected chi connectivity index (χ4v) is 12.1. The first kappa shape index (κ1) is 48.0. The summed E-state index contributed by atoms with van der Waals surface area (Å²) < 4.78 is 15.8. The third-order valence-electron chi connectivity index (χ3n) is 12.8. The third kappa shape index (κ3) is 9.91. The van der Waals surface area contributed by atoms with E-state index in [-0.39, 0.29) is 33.2 Å². The van der Waals surface area contributed by atoms with Crippen molar-refractivity contribution in [1.82, 2.24) is 0 Å². The van der Waals surface area contributed by atoms with Gasteiger partial charge in [-0.25, -0.2) is 0 Å². The summed E-state index contributed by atoms with van der Waals surface area (Å²) in [6.07, 6.45) is 1.87. The fraction of sp³-hybridized carbons (Fsp3) is 0.357. The van der Waals surface area contributed by atoms with Crippen molar-refractivity contribution in [3.63, 3.8) is 0 Å². The third-order valence-corrected chi connectivity index (χ3v) is 16.0. The Morgan fingerprint density at radius 2 is 0.625 bits per heavy atom. The molecule has 6 aromatic rings. The number of fused-ring (bicyclic) bond motifs is 2. The van der Waals surface area contributed by atoms with Gasteiger partial charge in [0.25, 0.3) is 0 Å². The van der Waals surface area contributed by atoms with Gasteiger partial charge in [-0.15, -0.1) is 0 Å². The first-order chi connectivity index (χ1) is 29.9. The average molecular weight is 948 g/mol. The molecule has 9 rings (SSSR count). The topological polar surface area (TPSA) is 58.9 Å². The van der Waals surface area contributed by atoms with Crippen LogP contribution in [0.25, 0.3) is 0 Å². The maximum atomic E-state index is 12.5. The maximum absolute atomic E-state index is 12.5. The molecule has 0 saturated heterocycles. The molecule has 8 heteroatoms. The van der Waals surface area contributed by atoms with Crippen molar-refractivity contribution in [1.29, 1.82) is 0 Å². The van der Waals surface area contributed by atoms with Crippen LogP contribution >= 0.6 is 18.6 Å². The summed E-state index contributed by atoms with van der Waals surface area (Å²) in [4.78, 5) is 0. The summed E-state index contributed by atoms with van der Waals surface area (Å²) in [5.74, 6) is 2.17. The monoisotopic (exact) mass is 946 g/mol. The molecule has 10 bridgehead atoms. The van der Waals surface area contributed by atoms with Gasteiger partial charge in [0.15, 0.2) is 0 Å². The summed E-state index contributed by atoms with van der Waals surface area (Å²) in [6.45, 7) is 27.0. The Labute approximate surface area is 400 Å². The molecular formula is C56H64Cl2O4SiTi.